The second kappa shape index (κ2) is 3.74. The van der Waals surface area contributed by atoms with Crippen molar-refractivity contribution >= 4 is 11.6 Å². The predicted molar refractivity (Wildman–Crippen MR) is 56.9 cm³/mol. The smallest absolute Gasteiger partial charge is 0.128 e. The molecule has 0 bridgehead atoms. The van der Waals surface area contributed by atoms with Crippen molar-refractivity contribution in [1.82, 2.24) is 0 Å². The first-order valence-corrected chi connectivity index (χ1v) is 5.21. The predicted octanol–water partition coefficient (Wildman–Crippen LogP) is 4.07. The molecule has 1 atom stereocenters. The molecule has 1 fully saturated rings. The zero-order valence-electron chi connectivity index (χ0n) is 7.84. The van der Waals surface area contributed by atoms with Gasteiger partial charge in [-0.05, 0) is 24.8 Å². The SMILES string of the molecule is C=C(C1CC1)C(Cl)c1ccccc1F. The number of benzene rings is 1. The average molecular weight is 211 g/mol. The Morgan fingerprint density at radius 1 is 1.43 bits per heavy atom. The molecule has 1 aromatic carbocycles. The zero-order valence-corrected chi connectivity index (χ0v) is 8.60. The molecule has 1 aromatic rings. The van der Waals surface area contributed by atoms with Crippen molar-refractivity contribution in [2.24, 2.45) is 5.92 Å². The molecule has 74 valence electrons. The van der Waals surface area contributed by atoms with E-state index in [1.54, 1.807) is 18.2 Å². The van der Waals surface area contributed by atoms with Gasteiger partial charge in [-0.2, -0.15) is 0 Å². The highest BCUT2D eigenvalue weighted by molar-refractivity contribution is 6.22. The Morgan fingerprint density at radius 2 is 2.07 bits per heavy atom. The van der Waals surface area contributed by atoms with E-state index in [4.69, 9.17) is 11.6 Å². The van der Waals surface area contributed by atoms with E-state index in [-0.39, 0.29) is 11.2 Å². The van der Waals surface area contributed by atoms with Crippen LogP contribution in [0.3, 0.4) is 0 Å². The molecule has 0 N–H and O–H groups in total. The van der Waals surface area contributed by atoms with Gasteiger partial charge in [0.25, 0.3) is 0 Å². The van der Waals surface area contributed by atoms with Gasteiger partial charge in [0.05, 0.1) is 5.38 Å². The monoisotopic (exact) mass is 210 g/mol. The Bertz CT molecular complexity index is 355. The molecule has 0 nitrogen and oxygen atoms in total. The molecular formula is C12H12ClF. The number of hydrogen-bond donors (Lipinski definition) is 0. The fourth-order valence-electron chi connectivity index (χ4n) is 1.54. The van der Waals surface area contributed by atoms with Gasteiger partial charge >= 0.3 is 0 Å². The van der Waals surface area contributed by atoms with Crippen molar-refractivity contribution in [2.75, 3.05) is 0 Å². The maximum atomic E-state index is 13.4. The Hall–Kier alpha value is -0.820. The van der Waals surface area contributed by atoms with Crippen molar-refractivity contribution < 1.29 is 4.39 Å². The molecule has 1 unspecified atom stereocenters. The van der Waals surface area contributed by atoms with Gasteiger partial charge in [-0.1, -0.05) is 30.4 Å². The van der Waals surface area contributed by atoms with Crippen LogP contribution in [0.5, 0.6) is 0 Å². The third-order valence-electron chi connectivity index (χ3n) is 2.61. The molecule has 1 aliphatic rings. The minimum absolute atomic E-state index is 0.241. The van der Waals surface area contributed by atoms with Crippen LogP contribution < -0.4 is 0 Å². The molecule has 2 rings (SSSR count). The minimum atomic E-state index is -0.372. The summed E-state index contributed by atoms with van der Waals surface area (Å²) in [7, 11) is 0. The second-order valence-corrected chi connectivity index (χ2v) is 4.17. The van der Waals surface area contributed by atoms with Crippen molar-refractivity contribution in [3.05, 3.63) is 47.8 Å². The third kappa shape index (κ3) is 1.83. The molecule has 0 aromatic heterocycles. The van der Waals surface area contributed by atoms with Crippen LogP contribution in [0.15, 0.2) is 36.4 Å². The van der Waals surface area contributed by atoms with Gasteiger partial charge in [-0.15, -0.1) is 11.6 Å². The maximum absolute atomic E-state index is 13.4. The summed E-state index contributed by atoms with van der Waals surface area (Å²) in [4.78, 5) is 0. The lowest BCUT2D eigenvalue weighted by atomic mass is 10.0. The molecule has 14 heavy (non-hydrogen) atoms. The van der Waals surface area contributed by atoms with Crippen LogP contribution in [0.2, 0.25) is 0 Å². The van der Waals surface area contributed by atoms with Crippen LogP contribution in [0.4, 0.5) is 4.39 Å². The zero-order chi connectivity index (χ0) is 10.1. The molecule has 0 aliphatic heterocycles. The van der Waals surface area contributed by atoms with Gasteiger partial charge in [-0.25, -0.2) is 4.39 Å². The molecular weight excluding hydrogens is 199 g/mol. The van der Waals surface area contributed by atoms with Crippen LogP contribution in [0.25, 0.3) is 0 Å². The molecule has 2 heteroatoms. The Balaban J connectivity index is 2.21. The highest BCUT2D eigenvalue weighted by Gasteiger charge is 2.30. The van der Waals surface area contributed by atoms with Crippen molar-refractivity contribution in [2.45, 2.75) is 18.2 Å². The summed E-state index contributed by atoms with van der Waals surface area (Å²) >= 11 is 6.16. The summed E-state index contributed by atoms with van der Waals surface area (Å²) in [6.45, 7) is 3.94. The van der Waals surface area contributed by atoms with E-state index in [0.717, 1.165) is 18.4 Å². The molecule has 0 spiro atoms. The molecule has 0 saturated heterocycles. The van der Waals surface area contributed by atoms with E-state index < -0.39 is 0 Å². The Labute approximate surface area is 88.4 Å². The van der Waals surface area contributed by atoms with Gasteiger partial charge in [0, 0.05) is 5.56 Å². The molecule has 0 radical (unpaired) electrons. The first-order chi connectivity index (χ1) is 6.70. The topological polar surface area (TPSA) is 0 Å². The van der Waals surface area contributed by atoms with Crippen molar-refractivity contribution in [3.8, 4) is 0 Å². The summed E-state index contributed by atoms with van der Waals surface area (Å²) in [5.41, 5.74) is 1.50. The summed E-state index contributed by atoms with van der Waals surface area (Å²) in [5, 5.41) is -0.372. The lowest BCUT2D eigenvalue weighted by molar-refractivity contribution is 0.610. The van der Waals surface area contributed by atoms with Gasteiger partial charge in [0.15, 0.2) is 0 Å². The normalized spacial score (nSPS) is 17.9. The molecule has 1 saturated carbocycles. The number of allylic oxidation sites excluding steroid dienone is 1. The van der Waals surface area contributed by atoms with Crippen LogP contribution in [-0.4, -0.2) is 0 Å². The molecule has 1 aliphatic carbocycles. The van der Waals surface area contributed by atoms with Gasteiger partial charge in [0.1, 0.15) is 5.82 Å². The number of hydrogen-bond acceptors (Lipinski definition) is 0. The van der Waals surface area contributed by atoms with E-state index in [1.807, 2.05) is 0 Å². The highest BCUT2D eigenvalue weighted by Crippen LogP contribution is 2.44. The molecule has 0 amide bonds. The van der Waals surface area contributed by atoms with E-state index in [1.165, 1.54) is 6.07 Å². The number of alkyl halides is 1. The Kier molecular flexibility index (Phi) is 2.60. The van der Waals surface area contributed by atoms with E-state index >= 15 is 0 Å². The largest absolute Gasteiger partial charge is 0.207 e. The number of halogens is 2. The third-order valence-corrected chi connectivity index (χ3v) is 3.12. The summed E-state index contributed by atoms with van der Waals surface area (Å²) in [6.07, 6.45) is 2.30. The second-order valence-electron chi connectivity index (χ2n) is 3.73. The fourth-order valence-corrected chi connectivity index (χ4v) is 1.90. The van der Waals surface area contributed by atoms with Crippen molar-refractivity contribution in [3.63, 3.8) is 0 Å². The first kappa shape index (κ1) is 9.72. The maximum Gasteiger partial charge on any atom is 0.128 e. The summed E-state index contributed by atoms with van der Waals surface area (Å²) < 4.78 is 13.4. The van der Waals surface area contributed by atoms with Gasteiger partial charge in [0.2, 0.25) is 0 Å². The highest BCUT2D eigenvalue weighted by atomic mass is 35.5. The van der Waals surface area contributed by atoms with E-state index in [9.17, 15) is 4.39 Å². The van der Waals surface area contributed by atoms with E-state index in [0.29, 0.717) is 11.5 Å². The number of rotatable bonds is 3. The molecule has 0 heterocycles. The van der Waals surface area contributed by atoms with E-state index in [2.05, 4.69) is 6.58 Å². The first-order valence-electron chi connectivity index (χ1n) is 4.77. The van der Waals surface area contributed by atoms with Gasteiger partial charge < -0.3 is 0 Å². The lowest BCUT2D eigenvalue weighted by Gasteiger charge is -2.12. The minimum Gasteiger partial charge on any atom is -0.207 e. The summed E-state index contributed by atoms with van der Waals surface area (Å²) in [6, 6.07) is 6.63. The van der Waals surface area contributed by atoms with Crippen molar-refractivity contribution in [1.29, 1.82) is 0 Å². The fraction of sp³-hybridized carbons (Fsp3) is 0.333. The Morgan fingerprint density at radius 3 is 2.64 bits per heavy atom. The summed E-state index contributed by atoms with van der Waals surface area (Å²) in [5.74, 6) is 0.270. The standard InChI is InChI=1S/C12H12ClF/c1-8(9-6-7-9)12(13)10-4-2-3-5-11(10)14/h2-5,9,12H,1,6-7H2. The van der Waals surface area contributed by atoms with Crippen LogP contribution in [0, 0.1) is 11.7 Å². The van der Waals surface area contributed by atoms with Crippen LogP contribution >= 0.6 is 11.6 Å². The average Bonchev–Trinajstić information content (AvgIpc) is 3.00. The van der Waals surface area contributed by atoms with Crippen LogP contribution in [0.1, 0.15) is 23.8 Å². The van der Waals surface area contributed by atoms with Gasteiger partial charge in [-0.3, -0.25) is 0 Å². The van der Waals surface area contributed by atoms with Crippen LogP contribution in [-0.2, 0) is 0 Å². The lowest BCUT2D eigenvalue weighted by Crippen LogP contribution is -1.98. The quantitative estimate of drug-likeness (QED) is 0.521.